The molecule has 0 bridgehead atoms. The highest BCUT2D eigenvalue weighted by molar-refractivity contribution is 6.30. The topological polar surface area (TPSA) is 22.1 Å². The van der Waals surface area contributed by atoms with Crippen LogP contribution in [0.1, 0.15) is 5.56 Å². The number of hydrogen-bond donors (Lipinski definition) is 0. The molecule has 3 rings (SSSR count). The summed E-state index contributed by atoms with van der Waals surface area (Å²) in [5.74, 6) is -2.65. The van der Waals surface area contributed by atoms with Gasteiger partial charge in [0.05, 0.1) is 18.2 Å². The third-order valence-corrected chi connectivity index (χ3v) is 3.82. The number of fused-ring (bicyclic) bond motifs is 1. The second-order valence-electron chi connectivity index (χ2n) is 5.10. The summed E-state index contributed by atoms with van der Waals surface area (Å²) in [5.41, 5.74) is 0.864. The van der Waals surface area contributed by atoms with E-state index in [4.69, 9.17) is 16.3 Å². The van der Waals surface area contributed by atoms with Gasteiger partial charge in [-0.25, -0.2) is 18.2 Å². The number of nitrogens with zero attached hydrogens (tertiary/aromatic N) is 1. The van der Waals surface area contributed by atoms with Crippen LogP contribution >= 0.6 is 11.6 Å². The molecule has 0 N–H and O–H groups in total. The Bertz CT molecular complexity index is 949. The monoisotopic (exact) mass is 349 g/mol. The van der Waals surface area contributed by atoms with Gasteiger partial charge in [0.25, 0.3) is 0 Å². The molecule has 0 fully saturated rings. The van der Waals surface area contributed by atoms with Crippen molar-refractivity contribution < 1.29 is 17.9 Å². The lowest BCUT2D eigenvalue weighted by molar-refractivity contribution is 0.371. The van der Waals surface area contributed by atoms with Crippen molar-refractivity contribution in [2.45, 2.75) is 0 Å². The summed E-state index contributed by atoms with van der Waals surface area (Å²) in [5, 5.41) is 0.512. The summed E-state index contributed by atoms with van der Waals surface area (Å²) in [6, 6.07) is 7.57. The maximum Gasteiger partial charge on any atom is 0.136 e. The predicted molar refractivity (Wildman–Crippen MR) is 88.1 cm³/mol. The van der Waals surface area contributed by atoms with Gasteiger partial charge >= 0.3 is 0 Å². The van der Waals surface area contributed by atoms with Gasteiger partial charge in [0.2, 0.25) is 0 Å². The molecule has 2 aromatic carbocycles. The van der Waals surface area contributed by atoms with Crippen molar-refractivity contribution in [3.05, 3.63) is 71.1 Å². The van der Waals surface area contributed by atoms with Crippen LogP contribution in [0.3, 0.4) is 0 Å². The maximum absolute atomic E-state index is 14.2. The van der Waals surface area contributed by atoms with Crippen LogP contribution in [-0.4, -0.2) is 12.1 Å². The number of methoxy groups -OCH3 is 1. The van der Waals surface area contributed by atoms with E-state index in [1.807, 2.05) is 0 Å². The standard InChI is InChI=1S/C18H11ClF3NO/c1-9(24-2)10-3-4-16-12(5-10)13(8-17(19)23-16)18-14(21)6-11(20)7-15(18)22/h3-8H,1H2,2H3. The van der Waals surface area contributed by atoms with Crippen molar-refractivity contribution in [2.24, 2.45) is 0 Å². The highest BCUT2D eigenvalue weighted by atomic mass is 35.5. The molecule has 0 unspecified atom stereocenters. The van der Waals surface area contributed by atoms with Gasteiger partial charge in [0.1, 0.15) is 28.4 Å². The highest BCUT2D eigenvalue weighted by Gasteiger charge is 2.18. The molecule has 1 aromatic heterocycles. The van der Waals surface area contributed by atoms with Crippen LogP contribution in [0.25, 0.3) is 27.8 Å². The minimum Gasteiger partial charge on any atom is -0.497 e. The second kappa shape index (κ2) is 6.17. The van der Waals surface area contributed by atoms with Gasteiger partial charge in [-0.15, -0.1) is 0 Å². The largest absolute Gasteiger partial charge is 0.497 e. The highest BCUT2D eigenvalue weighted by Crippen LogP contribution is 2.35. The Morgan fingerprint density at radius 1 is 1.08 bits per heavy atom. The van der Waals surface area contributed by atoms with E-state index < -0.39 is 17.5 Å². The molecule has 6 heteroatoms. The van der Waals surface area contributed by atoms with Gasteiger partial charge in [-0.05, 0) is 24.3 Å². The van der Waals surface area contributed by atoms with E-state index >= 15 is 0 Å². The molecule has 3 aromatic rings. The zero-order valence-corrected chi connectivity index (χ0v) is 13.3. The number of aromatic nitrogens is 1. The van der Waals surface area contributed by atoms with Gasteiger partial charge in [0.15, 0.2) is 0 Å². The summed E-state index contributed by atoms with van der Waals surface area (Å²) in [7, 11) is 1.47. The molecule has 0 saturated carbocycles. The predicted octanol–water partition coefficient (Wildman–Crippen LogP) is 5.59. The summed E-state index contributed by atoms with van der Waals surface area (Å²) in [4.78, 5) is 4.14. The minimum atomic E-state index is -1.02. The summed E-state index contributed by atoms with van der Waals surface area (Å²) >= 11 is 5.97. The van der Waals surface area contributed by atoms with Crippen LogP contribution in [0.5, 0.6) is 0 Å². The maximum atomic E-state index is 14.2. The Labute approximate surface area is 141 Å². The first-order valence-electron chi connectivity index (χ1n) is 6.89. The average molecular weight is 350 g/mol. The quantitative estimate of drug-likeness (QED) is 0.454. The fourth-order valence-electron chi connectivity index (χ4n) is 2.49. The van der Waals surface area contributed by atoms with Crippen LogP contribution in [-0.2, 0) is 4.74 Å². The fraction of sp³-hybridized carbons (Fsp3) is 0.0556. The first kappa shape index (κ1) is 16.3. The Morgan fingerprint density at radius 2 is 1.75 bits per heavy atom. The van der Waals surface area contributed by atoms with Gasteiger partial charge < -0.3 is 4.74 Å². The zero-order chi connectivity index (χ0) is 17.4. The molecule has 2 nitrogen and oxygen atoms in total. The number of ether oxygens (including phenoxy) is 1. The molecule has 24 heavy (non-hydrogen) atoms. The third-order valence-electron chi connectivity index (χ3n) is 3.62. The van der Waals surface area contributed by atoms with Gasteiger partial charge in [-0.1, -0.05) is 18.2 Å². The lowest BCUT2D eigenvalue weighted by atomic mass is 9.98. The Kier molecular flexibility index (Phi) is 4.20. The average Bonchev–Trinajstić information content (AvgIpc) is 2.52. The van der Waals surface area contributed by atoms with Crippen molar-refractivity contribution in [3.63, 3.8) is 0 Å². The molecular weight excluding hydrogens is 339 g/mol. The van der Waals surface area contributed by atoms with Crippen LogP contribution in [0.2, 0.25) is 5.15 Å². The Balaban J connectivity index is 2.37. The van der Waals surface area contributed by atoms with Gasteiger partial charge in [0, 0.05) is 28.6 Å². The SMILES string of the molecule is C=C(OC)c1ccc2nc(Cl)cc(-c3c(F)cc(F)cc3F)c2c1. The van der Waals surface area contributed by atoms with E-state index in [-0.39, 0.29) is 16.3 Å². The molecule has 0 aliphatic rings. The molecule has 0 radical (unpaired) electrons. The number of benzene rings is 2. The summed E-state index contributed by atoms with van der Waals surface area (Å²) < 4.78 is 46.7. The van der Waals surface area contributed by atoms with Crippen LogP contribution in [0.15, 0.2) is 43.0 Å². The molecular formula is C18H11ClF3NO. The van der Waals surface area contributed by atoms with Gasteiger partial charge in [-0.3, -0.25) is 0 Å². The van der Waals surface area contributed by atoms with Crippen molar-refractivity contribution >= 4 is 28.3 Å². The van der Waals surface area contributed by atoms with Crippen LogP contribution in [0.4, 0.5) is 13.2 Å². The Hall–Kier alpha value is -2.53. The molecule has 1 heterocycles. The third kappa shape index (κ3) is 2.83. The lowest BCUT2D eigenvalue weighted by Gasteiger charge is -2.12. The molecule has 122 valence electrons. The number of hydrogen-bond acceptors (Lipinski definition) is 2. The smallest absolute Gasteiger partial charge is 0.136 e. The van der Waals surface area contributed by atoms with Gasteiger partial charge in [-0.2, -0.15) is 0 Å². The van der Waals surface area contributed by atoms with Crippen molar-refractivity contribution in [1.29, 1.82) is 0 Å². The lowest BCUT2D eigenvalue weighted by Crippen LogP contribution is -1.96. The van der Waals surface area contributed by atoms with Crippen molar-refractivity contribution in [3.8, 4) is 11.1 Å². The zero-order valence-electron chi connectivity index (χ0n) is 12.5. The Morgan fingerprint density at radius 3 is 2.38 bits per heavy atom. The molecule has 0 atom stereocenters. The van der Waals surface area contributed by atoms with E-state index in [1.165, 1.54) is 13.2 Å². The van der Waals surface area contributed by atoms with E-state index in [0.29, 0.717) is 34.4 Å². The minimum absolute atomic E-state index is 0.0685. The summed E-state index contributed by atoms with van der Waals surface area (Å²) in [6.45, 7) is 3.75. The first-order chi connectivity index (χ1) is 11.4. The van der Waals surface area contributed by atoms with E-state index in [0.717, 1.165) is 0 Å². The first-order valence-corrected chi connectivity index (χ1v) is 7.27. The molecule has 0 spiro atoms. The number of pyridine rings is 1. The molecule has 0 amide bonds. The van der Waals surface area contributed by atoms with Crippen molar-refractivity contribution in [1.82, 2.24) is 4.98 Å². The summed E-state index contributed by atoms with van der Waals surface area (Å²) in [6.07, 6.45) is 0. The van der Waals surface area contributed by atoms with E-state index in [2.05, 4.69) is 11.6 Å². The van der Waals surface area contributed by atoms with Crippen molar-refractivity contribution in [2.75, 3.05) is 7.11 Å². The fourth-order valence-corrected chi connectivity index (χ4v) is 2.69. The van der Waals surface area contributed by atoms with E-state index in [1.54, 1.807) is 18.2 Å². The molecule has 0 aliphatic heterocycles. The van der Waals surface area contributed by atoms with Crippen LogP contribution in [0, 0.1) is 17.5 Å². The van der Waals surface area contributed by atoms with Crippen LogP contribution < -0.4 is 0 Å². The number of halogens is 4. The molecule has 0 saturated heterocycles. The normalized spacial score (nSPS) is 10.9. The second-order valence-corrected chi connectivity index (χ2v) is 5.48. The number of rotatable bonds is 3. The molecule has 0 aliphatic carbocycles. The van der Waals surface area contributed by atoms with E-state index in [9.17, 15) is 13.2 Å².